The summed E-state index contributed by atoms with van der Waals surface area (Å²) in [5.41, 5.74) is 0. The molecule has 0 aliphatic rings. The highest BCUT2D eigenvalue weighted by atomic mass is 79.9. The Hall–Kier alpha value is -0.883. The number of alkyl halides is 8. The lowest BCUT2D eigenvalue weighted by Crippen LogP contribution is -2.68. The summed E-state index contributed by atoms with van der Waals surface area (Å²) in [5.74, 6) is 0. The second-order valence-corrected chi connectivity index (χ2v) is 10.1. The van der Waals surface area contributed by atoms with E-state index in [1.165, 1.54) is 48.5 Å². The van der Waals surface area contributed by atoms with Gasteiger partial charge < -0.3 is 8.85 Å². The van der Waals surface area contributed by atoms with Crippen LogP contribution in [-0.2, 0) is 8.85 Å². The van der Waals surface area contributed by atoms with Gasteiger partial charge in [0.2, 0.25) is 0 Å². The van der Waals surface area contributed by atoms with Crippen LogP contribution in [0.15, 0.2) is 60.7 Å². The molecule has 0 aliphatic carbocycles. The van der Waals surface area contributed by atoms with Gasteiger partial charge in [-0.25, -0.2) is 0 Å². The van der Waals surface area contributed by atoms with Crippen molar-refractivity contribution in [1.29, 1.82) is 0 Å². The van der Waals surface area contributed by atoms with E-state index in [2.05, 4.69) is 31.9 Å². The molecule has 2 aromatic rings. The average Bonchev–Trinajstić information content (AvgIpc) is 2.68. The number of rotatable bonds is 8. The van der Waals surface area contributed by atoms with E-state index >= 15 is 0 Å². The SMILES string of the molecule is FC(F)(F)C(CBr)O[Si](OC(CBr)C(F)(F)F)(c1ccccc1)c1ccccc1. The van der Waals surface area contributed by atoms with Gasteiger partial charge >= 0.3 is 20.9 Å². The molecule has 0 radical (unpaired) electrons. The van der Waals surface area contributed by atoms with Crippen LogP contribution in [0.1, 0.15) is 0 Å². The molecule has 2 rings (SSSR count). The third-order valence-electron chi connectivity index (χ3n) is 3.93. The van der Waals surface area contributed by atoms with Crippen LogP contribution in [0, 0.1) is 0 Å². The van der Waals surface area contributed by atoms with Crippen LogP contribution in [0.3, 0.4) is 0 Å². The molecule has 2 atom stereocenters. The minimum atomic E-state index is -4.81. The van der Waals surface area contributed by atoms with Crippen molar-refractivity contribution in [2.24, 2.45) is 0 Å². The van der Waals surface area contributed by atoms with E-state index in [1.807, 2.05) is 0 Å². The van der Waals surface area contributed by atoms with Gasteiger partial charge in [0.05, 0.1) is 0 Å². The maximum Gasteiger partial charge on any atom is 0.414 e. The minimum Gasteiger partial charge on any atom is -0.374 e. The van der Waals surface area contributed by atoms with Crippen LogP contribution in [0.25, 0.3) is 0 Å². The maximum atomic E-state index is 13.5. The quantitative estimate of drug-likeness (QED) is 0.257. The smallest absolute Gasteiger partial charge is 0.374 e. The third kappa shape index (κ3) is 6.06. The molecular weight excluding hydrogens is 550 g/mol. The fourth-order valence-electron chi connectivity index (χ4n) is 2.55. The highest BCUT2D eigenvalue weighted by Gasteiger charge is 2.55. The molecule has 11 heteroatoms. The molecule has 2 unspecified atom stereocenters. The molecule has 0 bridgehead atoms. The lowest BCUT2D eigenvalue weighted by molar-refractivity contribution is -0.207. The lowest BCUT2D eigenvalue weighted by Gasteiger charge is -2.38. The van der Waals surface area contributed by atoms with Crippen molar-refractivity contribution >= 4 is 50.8 Å². The second kappa shape index (κ2) is 9.95. The zero-order valence-electron chi connectivity index (χ0n) is 14.7. The minimum absolute atomic E-state index is 0.136. The summed E-state index contributed by atoms with van der Waals surface area (Å²) in [6, 6.07) is 14.9. The topological polar surface area (TPSA) is 18.5 Å². The first kappa shape index (κ1) is 24.4. The van der Waals surface area contributed by atoms with E-state index in [9.17, 15) is 26.3 Å². The van der Waals surface area contributed by atoms with Gasteiger partial charge in [-0.3, -0.25) is 0 Å². The fourth-order valence-corrected chi connectivity index (χ4v) is 7.47. The lowest BCUT2D eigenvalue weighted by atomic mass is 10.4. The van der Waals surface area contributed by atoms with Gasteiger partial charge in [-0.1, -0.05) is 92.5 Å². The van der Waals surface area contributed by atoms with E-state index in [4.69, 9.17) is 8.85 Å². The van der Waals surface area contributed by atoms with Gasteiger partial charge in [-0.15, -0.1) is 0 Å². The predicted octanol–water partition coefficient (Wildman–Crippen LogP) is 4.93. The first-order valence-corrected chi connectivity index (χ1v) is 12.3. The summed E-state index contributed by atoms with van der Waals surface area (Å²) in [4.78, 5) is 0. The van der Waals surface area contributed by atoms with Crippen LogP contribution in [0.4, 0.5) is 26.3 Å². The van der Waals surface area contributed by atoms with Gasteiger partial charge in [-0.05, 0) is 10.4 Å². The van der Waals surface area contributed by atoms with Crippen molar-refractivity contribution in [3.8, 4) is 0 Å². The molecule has 160 valence electrons. The van der Waals surface area contributed by atoms with Gasteiger partial charge in [-0.2, -0.15) is 26.3 Å². The van der Waals surface area contributed by atoms with Crippen LogP contribution in [0.5, 0.6) is 0 Å². The van der Waals surface area contributed by atoms with Crippen LogP contribution >= 0.6 is 31.9 Å². The van der Waals surface area contributed by atoms with E-state index in [1.54, 1.807) is 12.1 Å². The van der Waals surface area contributed by atoms with Gasteiger partial charge in [0, 0.05) is 10.7 Å². The van der Waals surface area contributed by atoms with Crippen LogP contribution in [-0.4, -0.2) is 43.8 Å². The first-order chi connectivity index (χ1) is 13.5. The molecule has 2 nitrogen and oxygen atoms in total. The summed E-state index contributed by atoms with van der Waals surface area (Å²) >= 11 is 5.52. The Morgan fingerprint density at radius 1 is 0.655 bits per heavy atom. The van der Waals surface area contributed by atoms with E-state index in [-0.39, 0.29) is 10.4 Å². The molecule has 29 heavy (non-hydrogen) atoms. The van der Waals surface area contributed by atoms with Gasteiger partial charge in [0.15, 0.2) is 12.2 Å². The average molecular weight is 566 g/mol. The molecule has 0 heterocycles. The first-order valence-electron chi connectivity index (χ1n) is 8.26. The third-order valence-corrected chi connectivity index (χ3v) is 8.53. The normalized spacial score (nSPS) is 15.2. The largest absolute Gasteiger partial charge is 0.414 e. The van der Waals surface area contributed by atoms with Crippen LogP contribution < -0.4 is 10.4 Å². The summed E-state index contributed by atoms with van der Waals surface area (Å²) < 4.78 is 92.0. The number of benzene rings is 2. The predicted molar refractivity (Wildman–Crippen MR) is 107 cm³/mol. The summed E-state index contributed by atoms with van der Waals surface area (Å²) in [6.07, 6.45) is -14.3. The highest BCUT2D eigenvalue weighted by molar-refractivity contribution is 9.09. The number of hydrogen-bond donors (Lipinski definition) is 0. The van der Waals surface area contributed by atoms with Crippen molar-refractivity contribution in [2.75, 3.05) is 10.7 Å². The molecule has 0 spiro atoms. The molecule has 0 saturated heterocycles. The molecule has 0 amide bonds. The van der Waals surface area contributed by atoms with Crippen molar-refractivity contribution in [3.63, 3.8) is 0 Å². The molecular formula is C18H16Br2F6O2Si. The monoisotopic (exact) mass is 564 g/mol. The highest BCUT2D eigenvalue weighted by Crippen LogP contribution is 2.31. The van der Waals surface area contributed by atoms with Crippen molar-refractivity contribution < 1.29 is 35.2 Å². The summed E-state index contributed by atoms with van der Waals surface area (Å²) in [7, 11) is -4.44. The van der Waals surface area contributed by atoms with E-state index < -0.39 is 43.8 Å². The molecule has 0 saturated carbocycles. The molecule has 0 N–H and O–H groups in total. The Morgan fingerprint density at radius 3 is 1.21 bits per heavy atom. The van der Waals surface area contributed by atoms with Crippen molar-refractivity contribution in [1.82, 2.24) is 0 Å². The van der Waals surface area contributed by atoms with Crippen molar-refractivity contribution in [3.05, 3.63) is 60.7 Å². The van der Waals surface area contributed by atoms with Gasteiger partial charge in [0.25, 0.3) is 0 Å². The molecule has 0 fully saturated rings. The Kier molecular flexibility index (Phi) is 8.37. The molecule has 0 aliphatic heterocycles. The number of hydrogen-bond acceptors (Lipinski definition) is 2. The molecule has 0 aromatic heterocycles. The maximum absolute atomic E-state index is 13.5. The van der Waals surface area contributed by atoms with E-state index in [0.29, 0.717) is 0 Å². The Labute approximate surface area is 181 Å². The number of halogens is 8. The summed E-state index contributed by atoms with van der Waals surface area (Å²) in [5, 5.41) is -1.04. The van der Waals surface area contributed by atoms with Gasteiger partial charge in [0.1, 0.15) is 0 Å². The summed E-state index contributed by atoms with van der Waals surface area (Å²) in [6.45, 7) is 0. The van der Waals surface area contributed by atoms with Crippen LogP contribution in [0.2, 0.25) is 0 Å². The van der Waals surface area contributed by atoms with E-state index in [0.717, 1.165) is 0 Å². The second-order valence-electron chi connectivity index (χ2n) is 5.95. The standard InChI is InChI=1S/C18H16Br2F6O2Si/c19-11-15(17(21,22)23)27-29(13-7-3-1-4-8-13,14-9-5-2-6-10-14)28-16(12-20)18(24,25)26/h1-10,15-16H,11-12H2. The fraction of sp³-hybridized carbons (Fsp3) is 0.333. The van der Waals surface area contributed by atoms with Crippen molar-refractivity contribution in [2.45, 2.75) is 24.6 Å². The Balaban J connectivity index is 2.71. The zero-order valence-corrected chi connectivity index (χ0v) is 18.9. The Morgan fingerprint density at radius 2 is 0.966 bits per heavy atom. The molecule has 2 aromatic carbocycles. The Bertz CT molecular complexity index is 693. The zero-order chi connectivity index (χ0) is 21.7.